The molecule has 0 aromatic heterocycles. The van der Waals surface area contributed by atoms with Gasteiger partial charge in [0.2, 0.25) is 10.0 Å². The van der Waals surface area contributed by atoms with Crippen LogP contribution in [0.2, 0.25) is 0 Å². The zero-order valence-electron chi connectivity index (χ0n) is 15.0. The van der Waals surface area contributed by atoms with Crippen molar-refractivity contribution in [1.82, 2.24) is 0 Å². The fraction of sp³-hybridized carbons (Fsp3) is 0.158. The molecule has 0 atom stereocenters. The SMILES string of the molecule is CCN(/C=C(/C#N)C(=O)Nc1ccc(S(N)(=O)=O)cc1)c1cccc(C)c1. The van der Waals surface area contributed by atoms with E-state index in [0.29, 0.717) is 12.2 Å². The van der Waals surface area contributed by atoms with E-state index in [2.05, 4.69) is 5.32 Å². The number of nitrogens with two attached hydrogens (primary N) is 1. The minimum atomic E-state index is -3.81. The maximum atomic E-state index is 12.4. The van der Waals surface area contributed by atoms with Gasteiger partial charge in [0, 0.05) is 24.1 Å². The third-order valence-electron chi connectivity index (χ3n) is 3.76. The van der Waals surface area contributed by atoms with Crippen LogP contribution in [-0.2, 0) is 14.8 Å². The van der Waals surface area contributed by atoms with Gasteiger partial charge in [0.05, 0.1) is 4.90 Å². The van der Waals surface area contributed by atoms with Crippen molar-refractivity contribution in [3.05, 3.63) is 65.9 Å². The van der Waals surface area contributed by atoms with Crippen molar-refractivity contribution in [3.63, 3.8) is 0 Å². The van der Waals surface area contributed by atoms with Crippen molar-refractivity contribution >= 4 is 27.3 Å². The number of amides is 1. The lowest BCUT2D eigenvalue weighted by Gasteiger charge is -2.19. The van der Waals surface area contributed by atoms with E-state index >= 15 is 0 Å². The van der Waals surface area contributed by atoms with Gasteiger partial charge in [0.1, 0.15) is 11.6 Å². The maximum Gasteiger partial charge on any atom is 0.267 e. The van der Waals surface area contributed by atoms with E-state index < -0.39 is 15.9 Å². The smallest absolute Gasteiger partial charge is 0.267 e. The molecule has 0 aliphatic carbocycles. The monoisotopic (exact) mass is 384 g/mol. The second-order valence-corrected chi connectivity index (χ2v) is 7.36. The first-order chi connectivity index (χ1) is 12.7. The topological polar surface area (TPSA) is 116 Å². The van der Waals surface area contributed by atoms with E-state index in [1.165, 1.54) is 30.5 Å². The van der Waals surface area contributed by atoms with Crippen LogP contribution in [0.3, 0.4) is 0 Å². The maximum absolute atomic E-state index is 12.4. The average Bonchev–Trinajstić information content (AvgIpc) is 2.62. The first kappa shape index (κ1) is 20.2. The van der Waals surface area contributed by atoms with Crippen molar-refractivity contribution in [2.45, 2.75) is 18.7 Å². The number of sulfonamides is 1. The van der Waals surface area contributed by atoms with Crippen LogP contribution in [0.5, 0.6) is 0 Å². The Bertz CT molecular complexity index is 1010. The zero-order chi connectivity index (χ0) is 20.0. The first-order valence-corrected chi connectivity index (χ1v) is 9.68. The highest BCUT2D eigenvalue weighted by atomic mass is 32.2. The molecule has 3 N–H and O–H groups in total. The van der Waals surface area contributed by atoms with Gasteiger partial charge in [0.25, 0.3) is 5.91 Å². The summed E-state index contributed by atoms with van der Waals surface area (Å²) in [5, 5.41) is 17.0. The Balaban J connectivity index is 2.22. The van der Waals surface area contributed by atoms with Crippen molar-refractivity contribution in [3.8, 4) is 6.07 Å². The van der Waals surface area contributed by atoms with Gasteiger partial charge in [-0.1, -0.05) is 12.1 Å². The molecule has 1 amide bonds. The predicted molar refractivity (Wildman–Crippen MR) is 104 cm³/mol. The van der Waals surface area contributed by atoms with Gasteiger partial charge < -0.3 is 10.2 Å². The number of rotatable bonds is 6. The number of hydrogen-bond acceptors (Lipinski definition) is 5. The summed E-state index contributed by atoms with van der Waals surface area (Å²) in [6, 6.07) is 15.0. The van der Waals surface area contributed by atoms with Gasteiger partial charge >= 0.3 is 0 Å². The minimum Gasteiger partial charge on any atom is -0.347 e. The first-order valence-electron chi connectivity index (χ1n) is 8.14. The summed E-state index contributed by atoms with van der Waals surface area (Å²) >= 11 is 0. The van der Waals surface area contributed by atoms with E-state index in [1.807, 2.05) is 44.2 Å². The summed E-state index contributed by atoms with van der Waals surface area (Å²) in [4.78, 5) is 14.1. The Labute approximate surface area is 158 Å². The third kappa shape index (κ3) is 5.41. The lowest BCUT2D eigenvalue weighted by atomic mass is 10.2. The number of nitrogens with zero attached hydrogens (tertiary/aromatic N) is 2. The number of aryl methyl sites for hydroxylation is 1. The molecule has 27 heavy (non-hydrogen) atoms. The van der Waals surface area contributed by atoms with Gasteiger partial charge in [-0.25, -0.2) is 13.6 Å². The van der Waals surface area contributed by atoms with Gasteiger partial charge in [-0.05, 0) is 55.8 Å². The van der Waals surface area contributed by atoms with Crippen LogP contribution in [0, 0.1) is 18.3 Å². The van der Waals surface area contributed by atoms with Gasteiger partial charge in [-0.2, -0.15) is 5.26 Å². The molecular formula is C19H20N4O3S. The van der Waals surface area contributed by atoms with Crippen molar-refractivity contribution in [2.75, 3.05) is 16.8 Å². The molecule has 0 aliphatic heterocycles. The van der Waals surface area contributed by atoms with Crippen LogP contribution in [-0.4, -0.2) is 20.9 Å². The molecule has 0 aliphatic rings. The molecule has 8 heteroatoms. The fourth-order valence-electron chi connectivity index (χ4n) is 2.38. The highest BCUT2D eigenvalue weighted by Gasteiger charge is 2.13. The van der Waals surface area contributed by atoms with Crippen molar-refractivity contribution in [2.24, 2.45) is 5.14 Å². The highest BCUT2D eigenvalue weighted by Crippen LogP contribution is 2.18. The number of carbonyl (C=O) groups excluding carboxylic acids is 1. The highest BCUT2D eigenvalue weighted by molar-refractivity contribution is 7.89. The number of anilines is 2. The largest absolute Gasteiger partial charge is 0.347 e. The Hall–Kier alpha value is -3.15. The summed E-state index contributed by atoms with van der Waals surface area (Å²) in [5.74, 6) is -0.591. The minimum absolute atomic E-state index is 0.0619. The summed E-state index contributed by atoms with van der Waals surface area (Å²) in [5.41, 5.74) is 2.22. The molecule has 0 spiro atoms. The molecule has 0 saturated carbocycles. The van der Waals surface area contributed by atoms with Gasteiger partial charge in [-0.3, -0.25) is 4.79 Å². The number of hydrogen-bond donors (Lipinski definition) is 2. The van der Waals surface area contributed by atoms with Crippen LogP contribution < -0.4 is 15.4 Å². The van der Waals surface area contributed by atoms with Crippen LogP contribution in [0.4, 0.5) is 11.4 Å². The van der Waals surface area contributed by atoms with Crippen molar-refractivity contribution in [1.29, 1.82) is 5.26 Å². The number of carbonyl (C=O) groups is 1. The molecule has 0 fully saturated rings. The quantitative estimate of drug-likeness (QED) is 0.586. The summed E-state index contributed by atoms with van der Waals surface area (Å²) in [7, 11) is -3.81. The van der Waals surface area contributed by atoms with Crippen molar-refractivity contribution < 1.29 is 13.2 Å². The van der Waals surface area contributed by atoms with E-state index in [1.54, 1.807) is 4.90 Å². The van der Waals surface area contributed by atoms with E-state index in [-0.39, 0.29) is 10.5 Å². The molecule has 140 valence electrons. The molecule has 0 saturated heterocycles. The predicted octanol–water partition coefficient (Wildman–Crippen LogP) is 2.51. The second-order valence-electron chi connectivity index (χ2n) is 5.80. The normalized spacial score (nSPS) is 11.6. The fourth-order valence-corrected chi connectivity index (χ4v) is 2.89. The Morgan fingerprint density at radius 1 is 1.26 bits per heavy atom. The standard InChI is InChI=1S/C19H20N4O3S/c1-3-23(17-6-4-5-14(2)11-17)13-15(12-20)19(24)22-16-7-9-18(10-8-16)27(21,25)26/h4-11,13H,3H2,1-2H3,(H,22,24)(H2,21,25,26)/b15-13-. The van der Waals surface area contributed by atoms with Crippen LogP contribution in [0.25, 0.3) is 0 Å². The zero-order valence-corrected chi connectivity index (χ0v) is 15.8. The molecule has 2 aromatic rings. The molecule has 7 nitrogen and oxygen atoms in total. The number of nitrogens with one attached hydrogen (secondary N) is 1. The summed E-state index contributed by atoms with van der Waals surface area (Å²) in [6.07, 6.45) is 1.49. The second kappa shape index (κ2) is 8.49. The van der Waals surface area contributed by atoms with E-state index in [4.69, 9.17) is 5.14 Å². The summed E-state index contributed by atoms with van der Waals surface area (Å²) < 4.78 is 22.5. The van der Waals surface area contributed by atoms with Gasteiger partial charge in [0.15, 0.2) is 0 Å². The summed E-state index contributed by atoms with van der Waals surface area (Å²) in [6.45, 7) is 4.45. The molecule has 0 bridgehead atoms. The van der Waals surface area contributed by atoms with E-state index in [9.17, 15) is 18.5 Å². The van der Waals surface area contributed by atoms with E-state index in [0.717, 1.165) is 11.3 Å². The lowest BCUT2D eigenvalue weighted by molar-refractivity contribution is -0.112. The number of benzene rings is 2. The molecule has 2 rings (SSSR count). The Morgan fingerprint density at radius 3 is 2.44 bits per heavy atom. The van der Waals surface area contributed by atoms with Gasteiger partial charge in [-0.15, -0.1) is 0 Å². The molecule has 0 radical (unpaired) electrons. The average molecular weight is 384 g/mol. The number of primary sulfonamides is 1. The molecular weight excluding hydrogens is 364 g/mol. The Morgan fingerprint density at radius 2 is 1.93 bits per heavy atom. The lowest BCUT2D eigenvalue weighted by Crippen LogP contribution is -2.20. The number of nitriles is 1. The molecule has 0 heterocycles. The van der Waals surface area contributed by atoms with Crippen LogP contribution in [0.15, 0.2) is 65.2 Å². The molecule has 2 aromatic carbocycles. The Kier molecular flexibility index (Phi) is 6.34. The third-order valence-corrected chi connectivity index (χ3v) is 4.69. The molecule has 0 unspecified atom stereocenters. The van der Waals surface area contributed by atoms with Crippen LogP contribution >= 0.6 is 0 Å². The van der Waals surface area contributed by atoms with Crippen LogP contribution in [0.1, 0.15) is 12.5 Å².